The van der Waals surface area contributed by atoms with Gasteiger partial charge in [0.2, 0.25) is 0 Å². The summed E-state index contributed by atoms with van der Waals surface area (Å²) < 4.78 is 1.95. The Morgan fingerprint density at radius 2 is 2.25 bits per heavy atom. The van der Waals surface area contributed by atoms with Gasteiger partial charge in [0.15, 0.2) is 0 Å². The highest BCUT2D eigenvalue weighted by Gasteiger charge is 2.26. The predicted molar refractivity (Wildman–Crippen MR) is 67.9 cm³/mol. The molecule has 16 heavy (non-hydrogen) atoms. The molecular weight excluding hydrogens is 200 g/mol. The molecule has 0 saturated carbocycles. The highest BCUT2D eigenvalue weighted by Crippen LogP contribution is 2.31. The zero-order valence-electron chi connectivity index (χ0n) is 10.7. The van der Waals surface area contributed by atoms with E-state index >= 15 is 0 Å². The van der Waals surface area contributed by atoms with Crippen molar-refractivity contribution < 1.29 is 0 Å². The highest BCUT2D eigenvalue weighted by atomic mass is 15.4. The average Bonchev–Trinajstić information content (AvgIpc) is 2.64. The van der Waals surface area contributed by atoms with Crippen LogP contribution in [0.2, 0.25) is 0 Å². The highest BCUT2D eigenvalue weighted by molar-refractivity contribution is 5.70. The maximum Gasteiger partial charge on any atom is 0.148 e. The molecular formula is C12H22N4. The molecule has 0 spiro atoms. The normalized spacial score (nSPS) is 20.9. The molecule has 0 saturated heterocycles. The number of fused-ring (bicyclic) bond motifs is 1. The van der Waals surface area contributed by atoms with Crippen LogP contribution < -0.4 is 10.6 Å². The number of anilines is 2. The number of hydrogen-bond acceptors (Lipinski definition) is 3. The fraction of sp³-hybridized carbons (Fsp3) is 0.750. The number of rotatable bonds is 3. The molecule has 1 aromatic heterocycles. The Morgan fingerprint density at radius 1 is 1.50 bits per heavy atom. The molecule has 0 amide bonds. The van der Waals surface area contributed by atoms with E-state index in [0.717, 1.165) is 24.5 Å². The van der Waals surface area contributed by atoms with Gasteiger partial charge in [0.25, 0.3) is 0 Å². The van der Waals surface area contributed by atoms with E-state index in [-0.39, 0.29) is 0 Å². The molecule has 1 aliphatic heterocycles. The Hall–Kier alpha value is -1.19. The second kappa shape index (κ2) is 4.36. The van der Waals surface area contributed by atoms with E-state index in [1.54, 1.807) is 0 Å². The largest absolute Gasteiger partial charge is 0.378 e. The Balaban J connectivity index is 2.23. The van der Waals surface area contributed by atoms with Gasteiger partial charge in [-0.15, -0.1) is 0 Å². The van der Waals surface area contributed by atoms with E-state index in [1.807, 2.05) is 11.7 Å². The first-order valence-electron chi connectivity index (χ1n) is 6.23. The maximum atomic E-state index is 4.52. The molecule has 2 N–H and O–H groups in total. The number of hydrogen-bond donors (Lipinski definition) is 2. The lowest BCUT2D eigenvalue weighted by Crippen LogP contribution is -2.38. The van der Waals surface area contributed by atoms with E-state index in [1.165, 1.54) is 12.1 Å². The monoisotopic (exact) mass is 222 g/mol. The summed E-state index contributed by atoms with van der Waals surface area (Å²) >= 11 is 0. The van der Waals surface area contributed by atoms with Gasteiger partial charge in [-0.2, -0.15) is 5.10 Å². The summed E-state index contributed by atoms with van der Waals surface area (Å²) in [5.74, 6) is 1.83. The van der Waals surface area contributed by atoms with E-state index in [9.17, 15) is 0 Å². The van der Waals surface area contributed by atoms with Crippen LogP contribution in [0.1, 0.15) is 32.9 Å². The zero-order chi connectivity index (χ0) is 11.7. The summed E-state index contributed by atoms with van der Waals surface area (Å²) in [6, 6.07) is 0.512. The van der Waals surface area contributed by atoms with E-state index in [2.05, 4.69) is 36.5 Å². The average molecular weight is 222 g/mol. The molecule has 90 valence electrons. The smallest absolute Gasteiger partial charge is 0.148 e. The quantitative estimate of drug-likeness (QED) is 0.824. The number of nitrogens with one attached hydrogen (secondary N) is 2. The van der Waals surface area contributed by atoms with Crippen molar-refractivity contribution in [2.24, 2.45) is 13.0 Å². The van der Waals surface area contributed by atoms with Crippen LogP contribution in [0.15, 0.2) is 0 Å². The number of aromatic nitrogens is 2. The summed E-state index contributed by atoms with van der Waals surface area (Å²) in [6.07, 6.45) is 2.18. The van der Waals surface area contributed by atoms with Crippen molar-refractivity contribution in [2.45, 2.75) is 39.7 Å². The molecule has 2 rings (SSSR count). The van der Waals surface area contributed by atoms with Crippen molar-refractivity contribution in [3.05, 3.63) is 5.69 Å². The first-order chi connectivity index (χ1) is 7.67. The van der Waals surface area contributed by atoms with Gasteiger partial charge in [0, 0.05) is 19.6 Å². The molecule has 1 aromatic rings. The van der Waals surface area contributed by atoms with Crippen LogP contribution in [-0.4, -0.2) is 22.4 Å². The fourth-order valence-electron chi connectivity index (χ4n) is 2.24. The minimum atomic E-state index is 0.512. The van der Waals surface area contributed by atoms with Crippen LogP contribution in [0, 0.1) is 5.92 Å². The lowest BCUT2D eigenvalue weighted by atomic mass is 9.97. The van der Waals surface area contributed by atoms with E-state index in [0.29, 0.717) is 12.0 Å². The summed E-state index contributed by atoms with van der Waals surface area (Å²) in [4.78, 5) is 0. The van der Waals surface area contributed by atoms with Crippen molar-refractivity contribution >= 4 is 11.5 Å². The second-order valence-corrected chi connectivity index (χ2v) is 4.66. The lowest BCUT2D eigenvalue weighted by Gasteiger charge is -2.30. The van der Waals surface area contributed by atoms with Gasteiger partial charge in [-0.1, -0.05) is 27.2 Å². The molecule has 0 aromatic carbocycles. The predicted octanol–water partition coefficient (Wildman–Crippen LogP) is 2.23. The fourth-order valence-corrected chi connectivity index (χ4v) is 2.24. The van der Waals surface area contributed by atoms with Crippen molar-refractivity contribution in [3.8, 4) is 0 Å². The molecule has 4 nitrogen and oxygen atoms in total. The van der Waals surface area contributed by atoms with Crippen molar-refractivity contribution in [1.82, 2.24) is 9.78 Å². The minimum Gasteiger partial charge on any atom is -0.378 e. The molecule has 2 unspecified atom stereocenters. The van der Waals surface area contributed by atoms with E-state index < -0.39 is 0 Å². The van der Waals surface area contributed by atoms with Crippen molar-refractivity contribution in [3.63, 3.8) is 0 Å². The molecule has 1 aliphatic rings. The van der Waals surface area contributed by atoms with Gasteiger partial charge in [-0.3, -0.25) is 4.68 Å². The SMILES string of the molecule is CCc1nn(C)c2c1NCC(C(C)CC)N2. The molecule has 4 heteroatoms. The third-order valence-corrected chi connectivity index (χ3v) is 3.61. The summed E-state index contributed by atoms with van der Waals surface area (Å²) in [6.45, 7) is 7.68. The topological polar surface area (TPSA) is 41.9 Å². The van der Waals surface area contributed by atoms with Gasteiger partial charge >= 0.3 is 0 Å². The molecule has 2 heterocycles. The Bertz CT molecular complexity index is 369. The van der Waals surface area contributed by atoms with Gasteiger partial charge in [0.05, 0.1) is 5.69 Å². The number of aryl methyl sites for hydroxylation is 2. The Morgan fingerprint density at radius 3 is 2.88 bits per heavy atom. The Kier molecular flexibility index (Phi) is 3.08. The van der Waals surface area contributed by atoms with Crippen LogP contribution in [0.3, 0.4) is 0 Å². The summed E-state index contributed by atoms with van der Waals surface area (Å²) in [7, 11) is 2.01. The third-order valence-electron chi connectivity index (χ3n) is 3.61. The molecule has 0 bridgehead atoms. The third kappa shape index (κ3) is 1.77. The first-order valence-corrected chi connectivity index (χ1v) is 6.23. The maximum absolute atomic E-state index is 4.52. The molecule has 0 fully saturated rings. The lowest BCUT2D eigenvalue weighted by molar-refractivity contribution is 0.474. The first kappa shape index (κ1) is 11.3. The Labute approximate surface area is 97.4 Å². The zero-order valence-corrected chi connectivity index (χ0v) is 10.7. The van der Waals surface area contributed by atoms with Crippen molar-refractivity contribution in [2.75, 3.05) is 17.2 Å². The van der Waals surface area contributed by atoms with Gasteiger partial charge < -0.3 is 10.6 Å². The number of nitrogens with zero attached hydrogens (tertiary/aromatic N) is 2. The van der Waals surface area contributed by atoms with Crippen LogP contribution in [0.5, 0.6) is 0 Å². The molecule has 0 aliphatic carbocycles. The van der Waals surface area contributed by atoms with Crippen LogP contribution >= 0.6 is 0 Å². The van der Waals surface area contributed by atoms with E-state index in [4.69, 9.17) is 0 Å². The molecule has 0 radical (unpaired) electrons. The van der Waals surface area contributed by atoms with Gasteiger partial charge in [0.1, 0.15) is 11.5 Å². The molecule has 2 atom stereocenters. The standard InChI is InChI=1S/C12H22N4/c1-5-8(3)10-7-13-11-9(6-2)15-16(4)12(11)14-10/h8,10,13-14H,5-7H2,1-4H3. The van der Waals surface area contributed by atoms with Gasteiger partial charge in [-0.05, 0) is 12.3 Å². The second-order valence-electron chi connectivity index (χ2n) is 4.66. The van der Waals surface area contributed by atoms with Gasteiger partial charge in [-0.25, -0.2) is 0 Å². The summed E-state index contributed by atoms with van der Waals surface area (Å²) in [5, 5.41) is 11.7. The van der Waals surface area contributed by atoms with Crippen LogP contribution in [0.25, 0.3) is 0 Å². The van der Waals surface area contributed by atoms with Crippen LogP contribution in [-0.2, 0) is 13.5 Å². The summed E-state index contributed by atoms with van der Waals surface area (Å²) in [5.41, 5.74) is 2.36. The van der Waals surface area contributed by atoms with Crippen LogP contribution in [0.4, 0.5) is 11.5 Å². The van der Waals surface area contributed by atoms with Crippen molar-refractivity contribution in [1.29, 1.82) is 0 Å². The minimum absolute atomic E-state index is 0.512.